The van der Waals surface area contributed by atoms with Gasteiger partial charge in [0.2, 0.25) is 0 Å². The average Bonchev–Trinajstić information content (AvgIpc) is 3.17. The van der Waals surface area contributed by atoms with Crippen molar-refractivity contribution in [3.8, 4) is 6.07 Å². The van der Waals surface area contributed by atoms with Crippen molar-refractivity contribution in [2.45, 2.75) is 31.7 Å². The molecular weight excluding hydrogens is 232 g/mol. The molecule has 0 unspecified atom stereocenters. The quantitative estimate of drug-likeness (QED) is 0.877. The van der Waals surface area contributed by atoms with Crippen LogP contribution < -0.4 is 5.32 Å². The first kappa shape index (κ1) is 10.9. The van der Waals surface area contributed by atoms with E-state index in [4.69, 9.17) is 16.9 Å². The van der Waals surface area contributed by atoms with E-state index in [-0.39, 0.29) is 0 Å². The fourth-order valence-corrected chi connectivity index (χ4v) is 2.62. The highest BCUT2D eigenvalue weighted by atomic mass is 35.5. The summed E-state index contributed by atoms with van der Waals surface area (Å²) in [6.07, 6.45) is 5.35. The zero-order valence-corrected chi connectivity index (χ0v) is 10.4. The van der Waals surface area contributed by atoms with E-state index in [1.54, 1.807) is 6.07 Å². The van der Waals surface area contributed by atoms with Crippen molar-refractivity contribution in [3.63, 3.8) is 0 Å². The maximum Gasteiger partial charge on any atom is 0.101 e. The SMILES string of the molecule is N#Cc1cc(Cl)ccc1NC(C1CC1)C1CC1. The maximum atomic E-state index is 9.12. The van der Waals surface area contributed by atoms with Gasteiger partial charge in [-0.05, 0) is 55.7 Å². The Kier molecular flexibility index (Phi) is 2.72. The van der Waals surface area contributed by atoms with Crippen LogP contribution in [-0.2, 0) is 0 Å². The second-order valence-electron chi connectivity index (χ2n) is 5.15. The van der Waals surface area contributed by atoms with Crippen molar-refractivity contribution in [2.24, 2.45) is 11.8 Å². The molecule has 0 spiro atoms. The van der Waals surface area contributed by atoms with E-state index < -0.39 is 0 Å². The van der Waals surface area contributed by atoms with Crippen LogP contribution in [0.25, 0.3) is 0 Å². The van der Waals surface area contributed by atoms with E-state index in [9.17, 15) is 0 Å². The van der Waals surface area contributed by atoms with Gasteiger partial charge in [0, 0.05) is 11.1 Å². The summed E-state index contributed by atoms with van der Waals surface area (Å²) in [7, 11) is 0. The number of nitrogens with one attached hydrogen (secondary N) is 1. The molecule has 0 radical (unpaired) electrons. The lowest BCUT2D eigenvalue weighted by atomic mass is 10.1. The molecule has 2 aliphatic rings. The molecule has 0 atom stereocenters. The van der Waals surface area contributed by atoms with Gasteiger partial charge in [-0.25, -0.2) is 0 Å². The minimum atomic E-state index is 0.572. The van der Waals surface area contributed by atoms with Crippen LogP contribution >= 0.6 is 11.6 Å². The zero-order valence-electron chi connectivity index (χ0n) is 9.62. The lowest BCUT2D eigenvalue weighted by Gasteiger charge is -2.19. The third-order valence-electron chi connectivity index (χ3n) is 3.68. The third kappa shape index (κ3) is 2.40. The molecule has 1 N–H and O–H groups in total. The molecule has 0 aliphatic heterocycles. The van der Waals surface area contributed by atoms with Crippen molar-refractivity contribution in [2.75, 3.05) is 5.32 Å². The first-order valence-corrected chi connectivity index (χ1v) is 6.62. The van der Waals surface area contributed by atoms with Gasteiger partial charge in [0.15, 0.2) is 0 Å². The van der Waals surface area contributed by atoms with Crippen LogP contribution in [0.4, 0.5) is 5.69 Å². The molecule has 2 nitrogen and oxygen atoms in total. The predicted octanol–water partition coefficient (Wildman–Crippen LogP) is 3.81. The van der Waals surface area contributed by atoms with Crippen LogP contribution in [0.5, 0.6) is 0 Å². The molecule has 0 heterocycles. The lowest BCUT2D eigenvalue weighted by molar-refractivity contribution is 0.567. The van der Waals surface area contributed by atoms with E-state index in [0.29, 0.717) is 16.6 Å². The number of hydrogen-bond acceptors (Lipinski definition) is 2. The van der Waals surface area contributed by atoms with Gasteiger partial charge in [0.05, 0.1) is 11.3 Å². The van der Waals surface area contributed by atoms with E-state index in [1.165, 1.54) is 25.7 Å². The summed E-state index contributed by atoms with van der Waals surface area (Å²) in [5.74, 6) is 1.65. The van der Waals surface area contributed by atoms with Gasteiger partial charge < -0.3 is 5.32 Å². The first-order chi connectivity index (χ1) is 8.28. The molecule has 2 fully saturated rings. The summed E-state index contributed by atoms with van der Waals surface area (Å²) in [4.78, 5) is 0. The Morgan fingerprint density at radius 3 is 2.41 bits per heavy atom. The molecule has 1 aromatic rings. The Balaban J connectivity index is 1.81. The molecular formula is C14H15ClN2. The van der Waals surface area contributed by atoms with Gasteiger partial charge in [-0.3, -0.25) is 0 Å². The van der Waals surface area contributed by atoms with Gasteiger partial charge >= 0.3 is 0 Å². The molecule has 2 saturated carbocycles. The number of rotatable bonds is 4. The Hall–Kier alpha value is -1.20. The number of hydrogen-bond donors (Lipinski definition) is 1. The Morgan fingerprint density at radius 2 is 1.88 bits per heavy atom. The molecule has 3 heteroatoms. The summed E-state index contributed by atoms with van der Waals surface area (Å²) in [6, 6.07) is 8.30. The van der Waals surface area contributed by atoms with Crippen LogP contribution in [0.3, 0.4) is 0 Å². The minimum Gasteiger partial charge on any atom is -0.381 e. The van der Waals surface area contributed by atoms with Crippen molar-refractivity contribution in [1.82, 2.24) is 0 Å². The topological polar surface area (TPSA) is 35.8 Å². The smallest absolute Gasteiger partial charge is 0.101 e. The monoisotopic (exact) mass is 246 g/mol. The molecule has 1 aromatic carbocycles. The number of anilines is 1. The van der Waals surface area contributed by atoms with Crippen molar-refractivity contribution in [3.05, 3.63) is 28.8 Å². The lowest BCUT2D eigenvalue weighted by Crippen LogP contribution is -2.24. The molecule has 88 valence electrons. The van der Waals surface area contributed by atoms with Gasteiger partial charge in [-0.15, -0.1) is 0 Å². The molecule has 0 bridgehead atoms. The molecule has 0 aromatic heterocycles. The molecule has 17 heavy (non-hydrogen) atoms. The fraction of sp³-hybridized carbons (Fsp3) is 0.500. The van der Waals surface area contributed by atoms with Crippen LogP contribution in [-0.4, -0.2) is 6.04 Å². The highest BCUT2D eigenvalue weighted by Gasteiger charge is 2.41. The van der Waals surface area contributed by atoms with Gasteiger partial charge in [-0.2, -0.15) is 5.26 Å². The standard InChI is InChI=1S/C14H15ClN2/c15-12-5-6-13(11(7-12)8-16)17-14(9-1-2-9)10-3-4-10/h5-7,9-10,14,17H,1-4H2. The summed E-state index contributed by atoms with van der Waals surface area (Å²) in [5.41, 5.74) is 1.60. The average molecular weight is 247 g/mol. The number of nitrogens with zero attached hydrogens (tertiary/aromatic N) is 1. The zero-order chi connectivity index (χ0) is 11.8. The second-order valence-corrected chi connectivity index (χ2v) is 5.58. The minimum absolute atomic E-state index is 0.572. The van der Waals surface area contributed by atoms with Crippen LogP contribution in [0.1, 0.15) is 31.2 Å². The van der Waals surface area contributed by atoms with Crippen molar-refractivity contribution < 1.29 is 0 Å². The normalized spacial score (nSPS) is 19.1. The molecule has 0 saturated heterocycles. The highest BCUT2D eigenvalue weighted by molar-refractivity contribution is 6.30. The van der Waals surface area contributed by atoms with Gasteiger partial charge in [0.25, 0.3) is 0 Å². The van der Waals surface area contributed by atoms with Crippen molar-refractivity contribution in [1.29, 1.82) is 5.26 Å². The van der Waals surface area contributed by atoms with Gasteiger partial charge in [0.1, 0.15) is 6.07 Å². The second kappa shape index (κ2) is 4.23. The number of nitriles is 1. The first-order valence-electron chi connectivity index (χ1n) is 6.24. The number of halogens is 1. The van der Waals surface area contributed by atoms with Crippen LogP contribution in [0.15, 0.2) is 18.2 Å². The van der Waals surface area contributed by atoms with E-state index in [1.807, 2.05) is 12.1 Å². The van der Waals surface area contributed by atoms with Gasteiger partial charge in [-0.1, -0.05) is 11.6 Å². The molecule has 0 amide bonds. The Morgan fingerprint density at radius 1 is 1.24 bits per heavy atom. The summed E-state index contributed by atoms with van der Waals surface area (Å²) in [6.45, 7) is 0. The predicted molar refractivity (Wildman–Crippen MR) is 69.0 cm³/mol. The molecule has 2 aliphatic carbocycles. The van der Waals surface area contributed by atoms with E-state index in [0.717, 1.165) is 17.5 Å². The number of benzene rings is 1. The van der Waals surface area contributed by atoms with Crippen molar-refractivity contribution >= 4 is 17.3 Å². The fourth-order valence-electron chi connectivity index (χ4n) is 2.45. The Bertz CT molecular complexity index is 458. The van der Waals surface area contributed by atoms with Crippen LogP contribution in [0.2, 0.25) is 5.02 Å². The summed E-state index contributed by atoms with van der Waals surface area (Å²) in [5, 5.41) is 13.3. The Labute approximate surface area is 107 Å². The van der Waals surface area contributed by atoms with E-state index in [2.05, 4.69) is 11.4 Å². The summed E-state index contributed by atoms with van der Waals surface area (Å²) >= 11 is 5.90. The molecule has 3 rings (SSSR count). The largest absolute Gasteiger partial charge is 0.381 e. The van der Waals surface area contributed by atoms with Crippen LogP contribution in [0, 0.1) is 23.2 Å². The maximum absolute atomic E-state index is 9.12. The summed E-state index contributed by atoms with van der Waals surface area (Å²) < 4.78 is 0. The van der Waals surface area contributed by atoms with E-state index >= 15 is 0 Å². The third-order valence-corrected chi connectivity index (χ3v) is 3.92. The highest BCUT2D eigenvalue weighted by Crippen LogP contribution is 2.46.